The Labute approximate surface area is 137 Å². The van der Waals surface area contributed by atoms with E-state index in [0.29, 0.717) is 31.9 Å². The van der Waals surface area contributed by atoms with E-state index in [2.05, 4.69) is 10.5 Å². The van der Waals surface area contributed by atoms with Gasteiger partial charge in [-0.2, -0.15) is 5.10 Å². The predicted octanol–water partition coefficient (Wildman–Crippen LogP) is 4.80. The summed E-state index contributed by atoms with van der Waals surface area (Å²) in [6.07, 6.45) is 0. The van der Waals surface area contributed by atoms with Crippen LogP contribution in [0.1, 0.15) is 22.8 Å². The molecule has 0 saturated heterocycles. The summed E-state index contributed by atoms with van der Waals surface area (Å²) >= 11 is 17.8. The van der Waals surface area contributed by atoms with Crippen molar-refractivity contribution in [2.45, 2.75) is 6.92 Å². The van der Waals surface area contributed by atoms with Gasteiger partial charge in [0.15, 0.2) is 0 Å². The van der Waals surface area contributed by atoms with Crippen LogP contribution < -0.4 is 5.43 Å². The van der Waals surface area contributed by atoms with E-state index >= 15 is 0 Å². The molecule has 0 aliphatic heterocycles. The van der Waals surface area contributed by atoms with Gasteiger partial charge in [-0.1, -0.05) is 34.8 Å². The number of benzene rings is 2. The van der Waals surface area contributed by atoms with E-state index in [4.69, 9.17) is 34.8 Å². The number of carbonyl (C=O) groups excluding carboxylic acids is 1. The lowest BCUT2D eigenvalue weighted by Gasteiger charge is -2.05. The molecule has 0 heterocycles. The highest BCUT2D eigenvalue weighted by Gasteiger charge is 2.07. The summed E-state index contributed by atoms with van der Waals surface area (Å²) in [6, 6.07) is 11.6. The second-order valence-corrected chi connectivity index (χ2v) is 5.55. The molecule has 0 bridgehead atoms. The van der Waals surface area contributed by atoms with Gasteiger partial charge in [0.1, 0.15) is 0 Å². The number of halogens is 3. The summed E-state index contributed by atoms with van der Waals surface area (Å²) in [5, 5.41) is 5.67. The number of hydrogen-bond donors (Lipinski definition) is 1. The molecule has 2 aromatic rings. The largest absolute Gasteiger partial charge is 0.271 e. The molecule has 6 heteroatoms. The molecule has 3 nitrogen and oxygen atoms in total. The summed E-state index contributed by atoms with van der Waals surface area (Å²) in [7, 11) is 0. The minimum absolute atomic E-state index is 0.329. The van der Waals surface area contributed by atoms with E-state index in [0.717, 1.165) is 0 Å². The van der Waals surface area contributed by atoms with E-state index in [1.165, 1.54) is 0 Å². The van der Waals surface area contributed by atoms with Crippen LogP contribution in [0.25, 0.3) is 0 Å². The van der Waals surface area contributed by atoms with Gasteiger partial charge in [0.2, 0.25) is 0 Å². The summed E-state index contributed by atoms with van der Waals surface area (Å²) in [5.41, 5.74) is 4.16. The number of hydrogen-bond acceptors (Lipinski definition) is 2. The Bertz CT molecular complexity index is 697. The Morgan fingerprint density at radius 2 is 1.62 bits per heavy atom. The van der Waals surface area contributed by atoms with Gasteiger partial charge < -0.3 is 0 Å². The highest BCUT2D eigenvalue weighted by atomic mass is 35.5. The molecule has 2 rings (SSSR count). The predicted molar refractivity (Wildman–Crippen MR) is 87.6 cm³/mol. The third-order valence-corrected chi connectivity index (χ3v) is 3.57. The first-order chi connectivity index (χ1) is 9.97. The minimum Gasteiger partial charge on any atom is -0.267 e. The molecule has 0 unspecified atom stereocenters. The SMILES string of the molecule is C/C(=N/NC(=O)c1ccc(Cl)cc1)c1cc(Cl)ccc1Cl. The molecule has 1 N–H and O–H groups in total. The van der Waals surface area contributed by atoms with Gasteiger partial charge in [-0.15, -0.1) is 0 Å². The van der Waals surface area contributed by atoms with Crippen molar-refractivity contribution in [1.29, 1.82) is 0 Å². The van der Waals surface area contributed by atoms with E-state index in [1.807, 2.05) is 0 Å². The number of nitrogens with one attached hydrogen (secondary N) is 1. The van der Waals surface area contributed by atoms with E-state index < -0.39 is 0 Å². The molecule has 21 heavy (non-hydrogen) atoms. The first-order valence-corrected chi connectivity index (χ1v) is 7.16. The van der Waals surface area contributed by atoms with Crippen molar-refractivity contribution in [2.75, 3.05) is 0 Å². The molecule has 0 atom stereocenters. The zero-order valence-corrected chi connectivity index (χ0v) is 13.3. The Morgan fingerprint density at radius 1 is 1.00 bits per heavy atom. The lowest BCUT2D eigenvalue weighted by molar-refractivity contribution is 0.0955. The van der Waals surface area contributed by atoms with Crippen LogP contribution in [0.3, 0.4) is 0 Å². The third kappa shape index (κ3) is 4.21. The fourth-order valence-electron chi connectivity index (χ4n) is 1.64. The van der Waals surface area contributed by atoms with Gasteiger partial charge in [-0.25, -0.2) is 5.43 Å². The maximum absolute atomic E-state index is 11.9. The maximum Gasteiger partial charge on any atom is 0.271 e. The van der Waals surface area contributed by atoms with Crippen LogP contribution in [0.5, 0.6) is 0 Å². The lowest BCUT2D eigenvalue weighted by atomic mass is 10.1. The molecular formula is C15H11Cl3N2O. The van der Waals surface area contributed by atoms with Gasteiger partial charge in [-0.3, -0.25) is 4.79 Å². The van der Waals surface area contributed by atoms with Crippen molar-refractivity contribution < 1.29 is 4.79 Å². The van der Waals surface area contributed by atoms with E-state index in [-0.39, 0.29) is 5.91 Å². The molecule has 0 aliphatic carbocycles. The van der Waals surface area contributed by atoms with Gasteiger partial charge in [-0.05, 0) is 49.4 Å². The van der Waals surface area contributed by atoms with Crippen molar-refractivity contribution >= 4 is 46.4 Å². The van der Waals surface area contributed by atoms with Gasteiger partial charge in [0.25, 0.3) is 5.91 Å². The Hall–Kier alpha value is -1.55. The molecule has 2 aromatic carbocycles. The number of rotatable bonds is 3. The monoisotopic (exact) mass is 340 g/mol. The highest BCUT2D eigenvalue weighted by Crippen LogP contribution is 2.21. The number of hydrazone groups is 1. The molecule has 0 aromatic heterocycles. The van der Waals surface area contributed by atoms with Crippen molar-refractivity contribution in [3.63, 3.8) is 0 Å². The van der Waals surface area contributed by atoms with E-state index in [1.54, 1.807) is 49.4 Å². The summed E-state index contributed by atoms with van der Waals surface area (Å²) < 4.78 is 0. The second-order valence-electron chi connectivity index (χ2n) is 4.27. The zero-order valence-electron chi connectivity index (χ0n) is 11.0. The Balaban J connectivity index is 2.14. The van der Waals surface area contributed by atoms with Crippen LogP contribution in [0.15, 0.2) is 47.6 Å². The molecule has 0 spiro atoms. The van der Waals surface area contributed by atoms with Crippen molar-refractivity contribution in [1.82, 2.24) is 5.43 Å². The smallest absolute Gasteiger partial charge is 0.267 e. The molecule has 108 valence electrons. The Kier molecular flexibility index (Phi) is 5.23. The number of carbonyl (C=O) groups is 1. The zero-order chi connectivity index (χ0) is 15.4. The van der Waals surface area contributed by atoms with Crippen molar-refractivity contribution in [3.8, 4) is 0 Å². The van der Waals surface area contributed by atoms with Crippen molar-refractivity contribution in [3.05, 3.63) is 68.7 Å². The van der Waals surface area contributed by atoms with Gasteiger partial charge >= 0.3 is 0 Å². The first kappa shape index (κ1) is 15.8. The standard InChI is InChI=1S/C15H11Cl3N2O/c1-9(13-8-12(17)6-7-14(13)18)19-20-15(21)10-2-4-11(16)5-3-10/h2-8H,1H3,(H,20,21)/b19-9-. The van der Waals surface area contributed by atoms with Crippen molar-refractivity contribution in [2.24, 2.45) is 5.10 Å². The van der Waals surface area contributed by atoms with E-state index in [9.17, 15) is 4.79 Å². The second kappa shape index (κ2) is 6.94. The Morgan fingerprint density at radius 3 is 2.29 bits per heavy atom. The lowest BCUT2D eigenvalue weighted by Crippen LogP contribution is -2.19. The minimum atomic E-state index is -0.329. The molecular weight excluding hydrogens is 331 g/mol. The average Bonchev–Trinajstić information content (AvgIpc) is 2.47. The molecule has 0 aliphatic rings. The van der Waals surface area contributed by atoms with Gasteiger partial charge in [0.05, 0.1) is 5.71 Å². The molecule has 0 radical (unpaired) electrons. The fraction of sp³-hybridized carbons (Fsp3) is 0.0667. The number of nitrogens with zero attached hydrogens (tertiary/aromatic N) is 1. The number of amides is 1. The normalized spacial score (nSPS) is 11.3. The summed E-state index contributed by atoms with van der Waals surface area (Å²) in [6.45, 7) is 1.74. The highest BCUT2D eigenvalue weighted by molar-refractivity contribution is 6.36. The average molecular weight is 342 g/mol. The fourth-order valence-corrected chi connectivity index (χ4v) is 2.19. The van der Waals surface area contributed by atoms with Crippen LogP contribution in [0.2, 0.25) is 15.1 Å². The van der Waals surface area contributed by atoms with Crippen LogP contribution in [0.4, 0.5) is 0 Å². The first-order valence-electron chi connectivity index (χ1n) is 6.03. The molecule has 0 fully saturated rings. The molecule has 0 saturated carbocycles. The third-order valence-electron chi connectivity index (χ3n) is 2.75. The molecule has 1 amide bonds. The van der Waals surface area contributed by atoms with Crippen LogP contribution in [-0.4, -0.2) is 11.6 Å². The van der Waals surface area contributed by atoms with Crippen LogP contribution in [-0.2, 0) is 0 Å². The van der Waals surface area contributed by atoms with Crippen LogP contribution in [0, 0.1) is 0 Å². The van der Waals surface area contributed by atoms with Crippen LogP contribution >= 0.6 is 34.8 Å². The maximum atomic E-state index is 11.9. The quantitative estimate of drug-likeness (QED) is 0.632. The van der Waals surface area contributed by atoms with Gasteiger partial charge in [0, 0.05) is 26.2 Å². The summed E-state index contributed by atoms with van der Waals surface area (Å²) in [5.74, 6) is -0.329. The topological polar surface area (TPSA) is 41.5 Å². The summed E-state index contributed by atoms with van der Waals surface area (Å²) in [4.78, 5) is 11.9.